The Morgan fingerprint density at radius 1 is 1.12 bits per heavy atom. The fourth-order valence-corrected chi connectivity index (χ4v) is 1.69. The predicted octanol–water partition coefficient (Wildman–Crippen LogP) is 2.29. The predicted molar refractivity (Wildman–Crippen MR) is 69.7 cm³/mol. The number of rotatable bonds is 3. The summed E-state index contributed by atoms with van der Waals surface area (Å²) in [6.45, 7) is 4.59. The van der Waals surface area contributed by atoms with E-state index in [4.69, 9.17) is 5.73 Å². The van der Waals surface area contributed by atoms with Gasteiger partial charge < -0.3 is 11.1 Å². The van der Waals surface area contributed by atoms with Gasteiger partial charge in [0.05, 0.1) is 0 Å². The minimum Gasteiger partial charge on any atom is -0.399 e. The van der Waals surface area contributed by atoms with E-state index in [0.29, 0.717) is 12.5 Å². The van der Waals surface area contributed by atoms with Crippen LogP contribution in [0.15, 0.2) is 30.3 Å². The molecule has 0 atom stereocenters. The Morgan fingerprint density at radius 3 is 2.47 bits per heavy atom. The molecule has 0 unspecified atom stereocenters. The number of nitrogens with zero attached hydrogens (tertiary/aromatic N) is 2. The Bertz CT molecular complexity index is 502. The third-order valence-corrected chi connectivity index (χ3v) is 2.38. The summed E-state index contributed by atoms with van der Waals surface area (Å²) in [6.07, 6.45) is 0. The topological polar surface area (TPSA) is 63.8 Å². The molecule has 4 nitrogen and oxygen atoms in total. The third kappa shape index (κ3) is 3.17. The average Bonchev–Trinajstić information content (AvgIpc) is 2.25. The highest BCUT2D eigenvalue weighted by molar-refractivity contribution is 5.41. The quantitative estimate of drug-likeness (QED) is 0.791. The summed E-state index contributed by atoms with van der Waals surface area (Å²) in [4.78, 5) is 8.64. The molecule has 2 rings (SSSR count). The van der Waals surface area contributed by atoms with E-state index in [1.54, 1.807) is 0 Å². The number of nitrogens with two attached hydrogens (primary N) is 1. The first-order valence-electron chi connectivity index (χ1n) is 5.54. The van der Waals surface area contributed by atoms with Crippen molar-refractivity contribution < 1.29 is 0 Å². The lowest BCUT2D eigenvalue weighted by Gasteiger charge is -2.07. The van der Waals surface area contributed by atoms with Crippen molar-refractivity contribution in [2.75, 3.05) is 11.1 Å². The fraction of sp³-hybridized carbons (Fsp3) is 0.231. The maximum atomic E-state index is 5.72. The summed E-state index contributed by atoms with van der Waals surface area (Å²) in [5, 5.41) is 3.19. The largest absolute Gasteiger partial charge is 0.399 e. The van der Waals surface area contributed by atoms with Crippen molar-refractivity contribution in [1.29, 1.82) is 0 Å². The van der Waals surface area contributed by atoms with Gasteiger partial charge in [0.15, 0.2) is 0 Å². The SMILES string of the molecule is Cc1cc(C)nc(NCc2cccc(N)c2)n1. The van der Waals surface area contributed by atoms with Crippen LogP contribution < -0.4 is 11.1 Å². The number of nitrogens with one attached hydrogen (secondary N) is 1. The van der Waals surface area contributed by atoms with Crippen molar-refractivity contribution in [3.05, 3.63) is 47.3 Å². The van der Waals surface area contributed by atoms with Crippen LogP contribution in [0.5, 0.6) is 0 Å². The van der Waals surface area contributed by atoms with E-state index >= 15 is 0 Å². The molecule has 2 aromatic rings. The Morgan fingerprint density at radius 2 is 1.82 bits per heavy atom. The van der Waals surface area contributed by atoms with E-state index in [-0.39, 0.29) is 0 Å². The van der Waals surface area contributed by atoms with E-state index in [9.17, 15) is 0 Å². The van der Waals surface area contributed by atoms with Gasteiger partial charge in [-0.3, -0.25) is 0 Å². The van der Waals surface area contributed by atoms with E-state index in [1.807, 2.05) is 44.2 Å². The molecule has 0 fully saturated rings. The molecule has 1 aromatic carbocycles. The zero-order chi connectivity index (χ0) is 12.3. The van der Waals surface area contributed by atoms with Crippen LogP contribution in [0.2, 0.25) is 0 Å². The number of aromatic nitrogens is 2. The highest BCUT2D eigenvalue weighted by Crippen LogP contribution is 2.09. The minimum absolute atomic E-state index is 0.657. The van der Waals surface area contributed by atoms with Gasteiger partial charge in [-0.2, -0.15) is 0 Å². The molecule has 0 aliphatic rings. The second kappa shape index (κ2) is 4.82. The van der Waals surface area contributed by atoms with Crippen LogP contribution in [0, 0.1) is 13.8 Å². The average molecular weight is 228 g/mol. The number of nitrogen functional groups attached to an aromatic ring is 1. The first-order valence-corrected chi connectivity index (χ1v) is 5.54. The maximum Gasteiger partial charge on any atom is 0.223 e. The van der Waals surface area contributed by atoms with E-state index in [0.717, 1.165) is 22.6 Å². The maximum absolute atomic E-state index is 5.72. The van der Waals surface area contributed by atoms with Crippen molar-refractivity contribution in [3.8, 4) is 0 Å². The molecule has 0 aliphatic heterocycles. The lowest BCUT2D eigenvalue weighted by molar-refractivity contribution is 1.00. The highest BCUT2D eigenvalue weighted by atomic mass is 15.1. The molecule has 88 valence electrons. The van der Waals surface area contributed by atoms with E-state index in [2.05, 4.69) is 15.3 Å². The third-order valence-electron chi connectivity index (χ3n) is 2.38. The summed E-state index contributed by atoms with van der Waals surface area (Å²) in [5.74, 6) is 0.657. The lowest BCUT2D eigenvalue weighted by Crippen LogP contribution is -2.05. The van der Waals surface area contributed by atoms with Crippen LogP contribution in [0.1, 0.15) is 17.0 Å². The molecular weight excluding hydrogens is 212 g/mol. The first-order chi connectivity index (χ1) is 8.13. The van der Waals surface area contributed by atoms with Gasteiger partial charge in [-0.25, -0.2) is 9.97 Å². The van der Waals surface area contributed by atoms with Crippen LogP contribution in [-0.2, 0) is 6.54 Å². The summed E-state index contributed by atoms with van der Waals surface area (Å²) in [7, 11) is 0. The van der Waals surface area contributed by atoms with Crippen molar-refractivity contribution in [2.24, 2.45) is 0 Å². The normalized spacial score (nSPS) is 10.2. The van der Waals surface area contributed by atoms with Crippen LogP contribution >= 0.6 is 0 Å². The van der Waals surface area contributed by atoms with Crippen LogP contribution in [0.25, 0.3) is 0 Å². The minimum atomic E-state index is 0.657. The van der Waals surface area contributed by atoms with E-state index < -0.39 is 0 Å². The number of benzene rings is 1. The van der Waals surface area contributed by atoms with Gasteiger partial charge in [0.1, 0.15) is 0 Å². The fourth-order valence-electron chi connectivity index (χ4n) is 1.69. The van der Waals surface area contributed by atoms with Gasteiger partial charge in [0, 0.05) is 23.6 Å². The molecule has 0 saturated carbocycles. The van der Waals surface area contributed by atoms with Crippen LogP contribution in [-0.4, -0.2) is 9.97 Å². The van der Waals surface area contributed by atoms with Crippen molar-refractivity contribution in [3.63, 3.8) is 0 Å². The Labute approximate surface area is 101 Å². The molecule has 0 radical (unpaired) electrons. The van der Waals surface area contributed by atoms with E-state index in [1.165, 1.54) is 0 Å². The number of anilines is 2. The second-order valence-corrected chi connectivity index (χ2v) is 4.07. The molecule has 0 saturated heterocycles. The highest BCUT2D eigenvalue weighted by Gasteiger charge is 1.99. The Balaban J connectivity index is 2.07. The van der Waals surface area contributed by atoms with Gasteiger partial charge in [0.25, 0.3) is 0 Å². The van der Waals surface area contributed by atoms with Gasteiger partial charge in [0.2, 0.25) is 5.95 Å². The van der Waals surface area contributed by atoms with Crippen molar-refractivity contribution in [2.45, 2.75) is 20.4 Å². The van der Waals surface area contributed by atoms with Gasteiger partial charge in [-0.05, 0) is 37.6 Å². The van der Waals surface area contributed by atoms with Crippen LogP contribution in [0.3, 0.4) is 0 Å². The monoisotopic (exact) mass is 228 g/mol. The zero-order valence-electron chi connectivity index (χ0n) is 10.1. The standard InChI is InChI=1S/C13H16N4/c1-9-6-10(2)17-13(16-9)15-8-11-4-3-5-12(14)7-11/h3-7H,8,14H2,1-2H3,(H,15,16,17). The summed E-state index contributed by atoms with van der Waals surface area (Å²) in [6, 6.07) is 9.72. The van der Waals surface area contributed by atoms with Gasteiger partial charge in [-0.15, -0.1) is 0 Å². The molecule has 4 heteroatoms. The zero-order valence-corrected chi connectivity index (χ0v) is 10.1. The van der Waals surface area contributed by atoms with Crippen LogP contribution in [0.4, 0.5) is 11.6 Å². The molecule has 0 aliphatic carbocycles. The smallest absolute Gasteiger partial charge is 0.223 e. The molecule has 17 heavy (non-hydrogen) atoms. The molecule has 0 amide bonds. The number of hydrogen-bond acceptors (Lipinski definition) is 4. The Kier molecular flexibility index (Phi) is 3.23. The summed E-state index contributed by atoms with van der Waals surface area (Å²) < 4.78 is 0. The molecule has 0 bridgehead atoms. The summed E-state index contributed by atoms with van der Waals surface area (Å²) in [5.41, 5.74) is 9.53. The van der Waals surface area contributed by atoms with Crippen molar-refractivity contribution in [1.82, 2.24) is 9.97 Å². The molecular formula is C13H16N4. The second-order valence-electron chi connectivity index (χ2n) is 4.07. The molecule has 3 N–H and O–H groups in total. The number of hydrogen-bond donors (Lipinski definition) is 2. The van der Waals surface area contributed by atoms with Gasteiger partial charge >= 0.3 is 0 Å². The molecule has 0 spiro atoms. The lowest BCUT2D eigenvalue weighted by atomic mass is 10.2. The molecule has 1 heterocycles. The van der Waals surface area contributed by atoms with Crippen molar-refractivity contribution >= 4 is 11.6 Å². The summed E-state index contributed by atoms with van der Waals surface area (Å²) >= 11 is 0. The number of aryl methyl sites for hydroxylation is 2. The molecule has 1 aromatic heterocycles. The Hall–Kier alpha value is -2.10. The van der Waals surface area contributed by atoms with Gasteiger partial charge in [-0.1, -0.05) is 12.1 Å². The first kappa shape index (κ1) is 11.4.